The molecule has 5 heteroatoms. The van der Waals surface area contributed by atoms with Gasteiger partial charge in [-0.15, -0.1) is 0 Å². The van der Waals surface area contributed by atoms with Crippen LogP contribution in [-0.2, 0) is 20.9 Å². The molecule has 0 spiro atoms. The SMILES string of the molecule is COCOc1ccc(Cc2ccc(C(C)(C)[P+](=O)O)cc2)cc1C(C)C. The molecule has 140 valence electrons. The lowest BCUT2D eigenvalue weighted by molar-refractivity contribution is 0.0502. The number of benzene rings is 2. The Morgan fingerprint density at radius 1 is 1.08 bits per heavy atom. The maximum Gasteiger partial charge on any atom is 0.516 e. The van der Waals surface area contributed by atoms with E-state index < -0.39 is 13.2 Å². The summed E-state index contributed by atoms with van der Waals surface area (Å²) in [4.78, 5) is 9.50. The van der Waals surface area contributed by atoms with Gasteiger partial charge in [-0.3, -0.25) is 0 Å². The zero-order valence-corrected chi connectivity index (χ0v) is 17.0. The summed E-state index contributed by atoms with van der Waals surface area (Å²) in [5.74, 6) is 1.21. The highest BCUT2D eigenvalue weighted by Crippen LogP contribution is 2.43. The molecule has 2 rings (SSSR count). The monoisotopic (exact) mass is 375 g/mol. The molecule has 1 unspecified atom stereocenters. The fourth-order valence-electron chi connectivity index (χ4n) is 2.79. The maximum atomic E-state index is 11.5. The highest BCUT2D eigenvalue weighted by Gasteiger charge is 2.40. The van der Waals surface area contributed by atoms with Crippen LogP contribution >= 0.6 is 8.03 Å². The van der Waals surface area contributed by atoms with Gasteiger partial charge in [-0.1, -0.05) is 50.2 Å². The molecule has 0 heterocycles. The highest BCUT2D eigenvalue weighted by atomic mass is 31.1. The maximum absolute atomic E-state index is 11.5. The first-order valence-electron chi connectivity index (χ1n) is 8.76. The largest absolute Gasteiger partial charge is 0.516 e. The molecule has 4 nitrogen and oxygen atoms in total. The molecule has 0 fully saturated rings. The van der Waals surface area contributed by atoms with Crippen LogP contribution < -0.4 is 4.74 Å². The third-order valence-corrected chi connectivity index (χ3v) is 5.79. The number of ether oxygens (including phenoxy) is 2. The van der Waals surface area contributed by atoms with Crippen LogP contribution in [0.15, 0.2) is 42.5 Å². The van der Waals surface area contributed by atoms with Gasteiger partial charge in [0.25, 0.3) is 0 Å². The molecule has 2 aromatic carbocycles. The minimum absolute atomic E-state index is 0.240. The molecule has 2 aromatic rings. The normalized spacial score (nSPS) is 12.3. The van der Waals surface area contributed by atoms with Crippen LogP contribution in [0, 0.1) is 0 Å². The average Bonchev–Trinajstić information content (AvgIpc) is 2.60. The van der Waals surface area contributed by atoms with E-state index in [1.54, 1.807) is 21.0 Å². The number of hydrogen-bond donors (Lipinski definition) is 1. The van der Waals surface area contributed by atoms with E-state index in [0.29, 0.717) is 5.92 Å². The lowest BCUT2D eigenvalue weighted by atomic mass is 9.95. The molecular weight excluding hydrogens is 347 g/mol. The van der Waals surface area contributed by atoms with Gasteiger partial charge >= 0.3 is 8.03 Å². The first kappa shape index (κ1) is 20.6. The summed E-state index contributed by atoms with van der Waals surface area (Å²) in [6.07, 6.45) is 0.802. The van der Waals surface area contributed by atoms with Crippen molar-refractivity contribution < 1.29 is 18.9 Å². The number of hydrogen-bond acceptors (Lipinski definition) is 3. The van der Waals surface area contributed by atoms with Crippen LogP contribution in [0.25, 0.3) is 0 Å². The van der Waals surface area contributed by atoms with Crippen molar-refractivity contribution in [2.24, 2.45) is 0 Å². The quantitative estimate of drug-likeness (QED) is 0.499. The predicted octanol–water partition coefficient (Wildman–Crippen LogP) is 5.35. The summed E-state index contributed by atoms with van der Waals surface area (Å²) in [5.41, 5.74) is 4.40. The van der Waals surface area contributed by atoms with Crippen LogP contribution in [0.3, 0.4) is 0 Å². The van der Waals surface area contributed by atoms with Crippen LogP contribution in [0.4, 0.5) is 0 Å². The molecule has 0 aliphatic rings. The fourth-order valence-corrected chi connectivity index (χ4v) is 3.16. The van der Waals surface area contributed by atoms with Crippen molar-refractivity contribution in [1.29, 1.82) is 0 Å². The topological polar surface area (TPSA) is 55.8 Å². The van der Waals surface area contributed by atoms with Crippen molar-refractivity contribution in [2.45, 2.75) is 45.2 Å². The lowest BCUT2D eigenvalue weighted by Gasteiger charge is -2.16. The van der Waals surface area contributed by atoms with Gasteiger partial charge in [-0.05, 0) is 53.5 Å². The first-order valence-corrected chi connectivity index (χ1v) is 9.97. The Morgan fingerprint density at radius 2 is 1.69 bits per heavy atom. The third-order valence-electron chi connectivity index (χ3n) is 4.58. The smallest absolute Gasteiger partial charge is 0.467 e. The van der Waals surface area contributed by atoms with Crippen LogP contribution in [0.2, 0.25) is 0 Å². The van der Waals surface area contributed by atoms with E-state index in [1.165, 1.54) is 5.56 Å². The van der Waals surface area contributed by atoms with Gasteiger partial charge in [0.05, 0.1) is 0 Å². The minimum Gasteiger partial charge on any atom is -0.467 e. The third kappa shape index (κ3) is 4.91. The Bertz CT molecular complexity index is 751. The van der Waals surface area contributed by atoms with Crippen LogP contribution in [-0.4, -0.2) is 18.8 Å². The van der Waals surface area contributed by atoms with Gasteiger partial charge in [-0.2, -0.15) is 4.89 Å². The molecule has 0 saturated heterocycles. The minimum atomic E-state index is -2.27. The Balaban J connectivity index is 2.20. The summed E-state index contributed by atoms with van der Waals surface area (Å²) in [6.45, 7) is 8.10. The molecule has 0 aliphatic heterocycles. The van der Waals surface area contributed by atoms with E-state index in [-0.39, 0.29) is 6.79 Å². The van der Waals surface area contributed by atoms with Crippen molar-refractivity contribution in [3.05, 3.63) is 64.7 Å². The van der Waals surface area contributed by atoms with E-state index >= 15 is 0 Å². The number of methoxy groups -OCH3 is 1. The lowest BCUT2D eigenvalue weighted by Crippen LogP contribution is -2.11. The Kier molecular flexibility index (Phi) is 6.94. The molecule has 0 amide bonds. The van der Waals surface area contributed by atoms with E-state index in [2.05, 4.69) is 26.0 Å². The van der Waals surface area contributed by atoms with Crippen molar-refractivity contribution in [3.8, 4) is 5.75 Å². The van der Waals surface area contributed by atoms with Gasteiger partial charge in [0.2, 0.25) is 5.16 Å². The second kappa shape index (κ2) is 8.77. The van der Waals surface area contributed by atoms with Crippen LogP contribution in [0.1, 0.15) is 55.9 Å². The Labute approximate surface area is 157 Å². The highest BCUT2D eigenvalue weighted by molar-refractivity contribution is 7.39. The van der Waals surface area contributed by atoms with Crippen LogP contribution in [0.5, 0.6) is 5.75 Å². The molecule has 0 aliphatic carbocycles. The van der Waals surface area contributed by atoms with Crippen molar-refractivity contribution in [3.63, 3.8) is 0 Å². The Hall–Kier alpha value is -1.74. The molecule has 0 bridgehead atoms. The molecule has 1 N–H and O–H groups in total. The first-order chi connectivity index (χ1) is 12.3. The number of rotatable bonds is 8. The van der Waals surface area contributed by atoms with Crippen molar-refractivity contribution in [2.75, 3.05) is 13.9 Å². The molecule has 26 heavy (non-hydrogen) atoms. The van der Waals surface area contributed by atoms with Gasteiger partial charge < -0.3 is 9.47 Å². The summed E-state index contributed by atoms with van der Waals surface area (Å²) in [7, 11) is -0.660. The van der Waals surface area contributed by atoms with Gasteiger partial charge in [0.15, 0.2) is 6.79 Å². The van der Waals surface area contributed by atoms with E-state index in [0.717, 1.165) is 28.9 Å². The molecule has 1 atom stereocenters. The molecular formula is C21H28O4P+. The summed E-state index contributed by atoms with van der Waals surface area (Å²) >= 11 is 0. The van der Waals surface area contributed by atoms with Crippen molar-refractivity contribution >= 4 is 8.03 Å². The zero-order valence-electron chi connectivity index (χ0n) is 16.2. The molecule has 0 aromatic heterocycles. The standard InChI is InChI=1S/C21H27O4P/c1-15(2)19-13-17(8-11-20(19)25-14-24-5)12-16-6-9-18(10-7-16)21(3,4)26(22)23/h6-11,13,15H,12,14H2,1-5H3/p+1. The van der Waals surface area contributed by atoms with E-state index in [4.69, 9.17) is 9.47 Å². The van der Waals surface area contributed by atoms with E-state index in [9.17, 15) is 9.46 Å². The van der Waals surface area contributed by atoms with Gasteiger partial charge in [0.1, 0.15) is 5.75 Å². The second-order valence-corrected chi connectivity index (χ2v) is 8.95. The molecule has 0 saturated carbocycles. The fraction of sp³-hybridized carbons (Fsp3) is 0.429. The summed E-state index contributed by atoms with van der Waals surface area (Å²) in [5, 5.41) is -0.737. The zero-order chi connectivity index (χ0) is 19.3. The summed E-state index contributed by atoms with van der Waals surface area (Å²) in [6, 6.07) is 14.2. The Morgan fingerprint density at radius 3 is 2.23 bits per heavy atom. The predicted molar refractivity (Wildman–Crippen MR) is 105 cm³/mol. The van der Waals surface area contributed by atoms with Gasteiger partial charge in [0, 0.05) is 12.7 Å². The average molecular weight is 375 g/mol. The second-order valence-electron chi connectivity index (χ2n) is 7.28. The van der Waals surface area contributed by atoms with Gasteiger partial charge in [-0.25, -0.2) is 0 Å². The van der Waals surface area contributed by atoms with Crippen molar-refractivity contribution in [1.82, 2.24) is 0 Å². The van der Waals surface area contributed by atoms with E-state index in [1.807, 2.05) is 30.3 Å². The summed E-state index contributed by atoms with van der Waals surface area (Å²) < 4.78 is 22.2. The molecule has 0 radical (unpaired) electrons.